The van der Waals surface area contributed by atoms with Crippen LogP contribution in [-0.2, 0) is 42.3 Å². The Bertz CT molecular complexity index is 301. The number of ketones is 1. The van der Waals surface area contributed by atoms with Crippen LogP contribution in [0.1, 0.15) is 67.2 Å². The number of nitrogens with zero attached hydrogens (tertiary/aromatic N) is 1. The summed E-state index contributed by atoms with van der Waals surface area (Å²) in [5.41, 5.74) is -0.0645. The number of Topliss-reactive ketones (excluding diaryl/α,β-unsaturated/α-hetero) is 1. The number of carbonyl (C=O) groups excluding carboxylic acids is 1. The second kappa shape index (κ2) is 13.7. The molecule has 1 unspecified atom stereocenters. The molecule has 0 saturated carbocycles. The van der Waals surface area contributed by atoms with Gasteiger partial charge in [0.15, 0.2) is 0 Å². The first-order valence-electron chi connectivity index (χ1n) is 7.67. The van der Waals surface area contributed by atoms with Crippen LogP contribution in [0.25, 0.3) is 0 Å². The van der Waals surface area contributed by atoms with Crippen molar-refractivity contribution in [2.45, 2.75) is 67.2 Å². The van der Waals surface area contributed by atoms with E-state index in [-0.39, 0.29) is 55.2 Å². The summed E-state index contributed by atoms with van der Waals surface area (Å²) >= 11 is 0. The molecule has 0 heterocycles. The average molecular weight is 386 g/mol. The number of hydrogen-bond acceptors (Lipinski definition) is 3. The fraction of sp³-hybridized carbons (Fsp3) is 0.778. The van der Waals surface area contributed by atoms with Crippen LogP contribution in [0, 0.1) is 30.6 Å². The van der Waals surface area contributed by atoms with Crippen molar-refractivity contribution in [3.8, 4) is 0 Å². The minimum Gasteiger partial charge on any atom is -0.399 e. The van der Waals surface area contributed by atoms with E-state index in [0.717, 1.165) is 25.7 Å². The fourth-order valence-corrected chi connectivity index (χ4v) is 1.81. The molecule has 22 heavy (non-hydrogen) atoms. The molecule has 0 amide bonds. The van der Waals surface area contributed by atoms with E-state index in [1.807, 2.05) is 20.8 Å². The summed E-state index contributed by atoms with van der Waals surface area (Å²) in [6.07, 6.45) is 5.65. The van der Waals surface area contributed by atoms with Crippen molar-refractivity contribution < 1.29 is 42.3 Å². The zero-order valence-corrected chi connectivity index (χ0v) is 18.6. The summed E-state index contributed by atoms with van der Waals surface area (Å²) in [7, 11) is 1.54. The summed E-state index contributed by atoms with van der Waals surface area (Å²) in [4.78, 5) is 16.2. The number of hydrogen-bond donors (Lipinski definition) is 0. The maximum atomic E-state index is 11.8. The van der Waals surface area contributed by atoms with Gasteiger partial charge in [-0.3, -0.25) is 0 Å². The van der Waals surface area contributed by atoms with Crippen molar-refractivity contribution in [1.82, 2.24) is 0 Å². The molecule has 129 valence electrons. The van der Waals surface area contributed by atoms with E-state index < -0.39 is 0 Å². The van der Waals surface area contributed by atoms with Crippen LogP contribution in [0.4, 0.5) is 0 Å². The third-order valence-corrected chi connectivity index (χ3v) is 2.73. The number of oxime groups is 1. The third kappa shape index (κ3) is 18.3. The van der Waals surface area contributed by atoms with Gasteiger partial charge in [0.25, 0.3) is 0 Å². The summed E-state index contributed by atoms with van der Waals surface area (Å²) in [5.74, 6) is 0.197. The quantitative estimate of drug-likeness (QED) is 0.275. The van der Waals surface area contributed by atoms with Gasteiger partial charge in [-0.1, -0.05) is 59.5 Å². The first-order valence-corrected chi connectivity index (χ1v) is 7.67. The van der Waals surface area contributed by atoms with E-state index >= 15 is 0 Å². The van der Waals surface area contributed by atoms with Crippen LogP contribution in [0.2, 0.25) is 0 Å². The maximum absolute atomic E-state index is 11.8. The third-order valence-electron chi connectivity index (χ3n) is 2.73. The zero-order chi connectivity index (χ0) is 17.1. The molecule has 0 fully saturated rings. The predicted octanol–water partition coefficient (Wildman–Crippen LogP) is 5.11. The summed E-state index contributed by atoms with van der Waals surface area (Å²) in [5, 5.41) is 3.56. The molecule has 0 aliphatic rings. The Morgan fingerprint density at radius 3 is 2.05 bits per heavy atom. The molecule has 1 atom stereocenters. The fourth-order valence-electron chi connectivity index (χ4n) is 1.81. The molecular weight excluding hydrogens is 351 g/mol. The van der Waals surface area contributed by atoms with Crippen LogP contribution in [-0.4, -0.2) is 19.1 Å². The van der Waals surface area contributed by atoms with Gasteiger partial charge >= 0.3 is 0 Å². The topological polar surface area (TPSA) is 38.7 Å². The van der Waals surface area contributed by atoms with Crippen molar-refractivity contribution >= 4 is 12.0 Å². The van der Waals surface area contributed by atoms with Crippen molar-refractivity contribution in [1.29, 1.82) is 0 Å². The Labute approximate surface area is 163 Å². The predicted molar refractivity (Wildman–Crippen MR) is 92.1 cm³/mol. The second-order valence-corrected chi connectivity index (χ2v) is 7.54. The molecule has 3 nitrogen and oxygen atoms in total. The Balaban J connectivity index is -0.000000348. The van der Waals surface area contributed by atoms with Gasteiger partial charge in [-0.15, -0.1) is 5.92 Å². The van der Waals surface area contributed by atoms with Gasteiger partial charge in [0.1, 0.15) is 12.9 Å². The molecule has 0 rings (SSSR count). The molecular formula is C18H35NO2Y-2. The van der Waals surface area contributed by atoms with Gasteiger partial charge < -0.3 is 23.5 Å². The molecule has 0 N–H and O–H groups in total. The largest absolute Gasteiger partial charge is 0.399 e. The van der Waals surface area contributed by atoms with Crippen LogP contribution >= 0.6 is 0 Å². The Morgan fingerprint density at radius 1 is 1.23 bits per heavy atom. The normalized spacial score (nSPS) is 13.0. The van der Waals surface area contributed by atoms with Gasteiger partial charge in [0.05, 0.1) is 0 Å². The van der Waals surface area contributed by atoms with Crippen molar-refractivity contribution in [2.75, 3.05) is 7.11 Å². The van der Waals surface area contributed by atoms with Crippen LogP contribution in [0.15, 0.2) is 5.16 Å². The number of rotatable bonds is 6. The monoisotopic (exact) mass is 386 g/mol. The molecule has 4 heteroatoms. The summed E-state index contributed by atoms with van der Waals surface area (Å²) < 4.78 is 0. The summed E-state index contributed by atoms with van der Waals surface area (Å²) in [6, 6.07) is 0. The van der Waals surface area contributed by atoms with E-state index in [0.29, 0.717) is 0 Å². The molecule has 0 aliphatic heterocycles. The Morgan fingerprint density at radius 2 is 1.73 bits per heavy atom. The molecule has 0 aromatic heterocycles. The first-order chi connectivity index (χ1) is 9.45. The summed E-state index contributed by atoms with van der Waals surface area (Å²) in [6.45, 7) is 19.9. The van der Waals surface area contributed by atoms with Crippen molar-refractivity contribution in [2.24, 2.45) is 21.9 Å². The van der Waals surface area contributed by atoms with Gasteiger partial charge in [0.2, 0.25) is 0 Å². The molecule has 0 saturated heterocycles. The van der Waals surface area contributed by atoms with E-state index in [4.69, 9.17) is 0 Å². The molecule has 0 bridgehead atoms. The second-order valence-electron chi connectivity index (χ2n) is 7.54. The zero-order valence-electron chi connectivity index (χ0n) is 15.7. The van der Waals surface area contributed by atoms with E-state index in [9.17, 15) is 4.79 Å². The minimum absolute atomic E-state index is 0. The van der Waals surface area contributed by atoms with E-state index in [2.05, 4.69) is 44.6 Å². The molecule has 0 aromatic rings. The van der Waals surface area contributed by atoms with Crippen LogP contribution in [0.5, 0.6) is 0 Å². The van der Waals surface area contributed by atoms with E-state index in [1.165, 1.54) is 0 Å². The van der Waals surface area contributed by atoms with Gasteiger partial charge in [-0.05, 0) is 11.8 Å². The van der Waals surface area contributed by atoms with E-state index in [1.54, 1.807) is 13.3 Å². The van der Waals surface area contributed by atoms with Gasteiger partial charge in [-0.2, -0.15) is 6.42 Å². The smallest absolute Gasteiger partial charge is 0.111 e. The minimum atomic E-state index is -0.252. The molecule has 0 aromatic carbocycles. The number of unbranched alkanes of at least 4 members (excludes halogenated alkanes) is 2. The van der Waals surface area contributed by atoms with Gasteiger partial charge in [0, 0.05) is 44.3 Å². The maximum Gasteiger partial charge on any atom is 0.111 e. The molecule has 1 radical (unpaired) electrons. The Hall–Kier alpha value is 0.244. The van der Waals surface area contributed by atoms with Crippen molar-refractivity contribution in [3.05, 3.63) is 13.8 Å². The molecule has 0 aliphatic carbocycles. The average Bonchev–Trinajstić information content (AvgIpc) is 2.31. The SMILES string of the molecule is [CH2-]C(CC(C)(C)C)C(=O)C(C)(C)C.[CH2-]CCC/C=N\OC.[Y]. The standard InChI is InChI=1S/C12H23O.C6H12NO.Y/c1-9(8-11(2,3)4)10(13)12(5,6)7;1-3-4-5-6-7-8-2;/h9H,1,8H2,2-7H3;6H,1,3-5H2,2H3;/q2*-1;/b;7-6-;. The van der Waals surface area contributed by atoms with Gasteiger partial charge in [-0.25, -0.2) is 0 Å². The van der Waals surface area contributed by atoms with Crippen LogP contribution < -0.4 is 0 Å². The molecule has 0 spiro atoms. The van der Waals surface area contributed by atoms with Crippen molar-refractivity contribution in [3.63, 3.8) is 0 Å². The van der Waals surface area contributed by atoms with Crippen LogP contribution in [0.3, 0.4) is 0 Å². The first kappa shape index (κ1) is 27.1. The number of carbonyl (C=O) groups is 1. The Kier molecular flexibility index (Phi) is 16.8.